The molecule has 3 heteroatoms. The Hall–Kier alpha value is -0.803. The van der Waals surface area contributed by atoms with Crippen molar-refractivity contribution >= 4 is 9.28 Å². The van der Waals surface area contributed by atoms with E-state index >= 15 is 0 Å². The summed E-state index contributed by atoms with van der Waals surface area (Å²) in [5.41, 5.74) is 0. The van der Waals surface area contributed by atoms with Crippen LogP contribution in [-0.2, 0) is 4.43 Å². The van der Waals surface area contributed by atoms with Gasteiger partial charge in [0.2, 0.25) is 0 Å². The van der Waals surface area contributed by atoms with Crippen LogP contribution in [0.1, 0.15) is 39.5 Å². The average molecular weight is 252 g/mol. The summed E-state index contributed by atoms with van der Waals surface area (Å²) in [6, 6.07) is 9.93. The first kappa shape index (κ1) is 14.3. The molecule has 0 aliphatic heterocycles. The van der Waals surface area contributed by atoms with E-state index in [4.69, 9.17) is 8.85 Å². The fraction of sp³-hybridized carbons (Fsp3) is 0.571. The molecule has 0 saturated heterocycles. The van der Waals surface area contributed by atoms with Crippen molar-refractivity contribution in [2.75, 3.05) is 0 Å². The zero-order valence-corrected chi connectivity index (χ0v) is 12.3. The average Bonchev–Trinajstić information content (AvgIpc) is 2.30. The maximum atomic E-state index is 5.92. The van der Waals surface area contributed by atoms with Gasteiger partial charge in [0.15, 0.2) is 0 Å². The summed E-state index contributed by atoms with van der Waals surface area (Å²) < 4.78 is 11.7. The predicted molar refractivity (Wildman–Crippen MR) is 74.8 cm³/mol. The first-order chi connectivity index (χ1) is 8.22. The molecule has 17 heavy (non-hydrogen) atoms. The summed E-state index contributed by atoms with van der Waals surface area (Å²) in [5.74, 6) is 0.924. The number of hydrogen-bond donors (Lipinski definition) is 0. The lowest BCUT2D eigenvalue weighted by atomic mass is 10.1. The van der Waals surface area contributed by atoms with Gasteiger partial charge in [0, 0.05) is 6.10 Å². The quantitative estimate of drug-likeness (QED) is 0.516. The zero-order chi connectivity index (χ0) is 12.5. The summed E-state index contributed by atoms with van der Waals surface area (Å²) in [4.78, 5) is 0. The smallest absolute Gasteiger partial charge is 0.379 e. The predicted octanol–water partition coefficient (Wildman–Crippen LogP) is 3.90. The van der Waals surface area contributed by atoms with Gasteiger partial charge in [-0.3, -0.25) is 0 Å². The molecule has 0 heterocycles. The van der Waals surface area contributed by atoms with Crippen molar-refractivity contribution in [3.63, 3.8) is 0 Å². The normalized spacial score (nSPS) is 14.3. The van der Waals surface area contributed by atoms with E-state index in [1.807, 2.05) is 30.3 Å². The van der Waals surface area contributed by atoms with E-state index < -0.39 is 9.28 Å². The zero-order valence-electron chi connectivity index (χ0n) is 11.2. The Balaban J connectivity index is 2.22. The van der Waals surface area contributed by atoms with Crippen molar-refractivity contribution in [1.82, 2.24) is 0 Å². The van der Waals surface area contributed by atoms with E-state index in [2.05, 4.69) is 20.4 Å². The number of benzene rings is 1. The molecule has 0 aliphatic carbocycles. The summed E-state index contributed by atoms with van der Waals surface area (Å²) in [6.07, 6.45) is 5.28. The monoisotopic (exact) mass is 252 g/mol. The van der Waals surface area contributed by atoms with Crippen molar-refractivity contribution in [1.29, 1.82) is 0 Å². The lowest BCUT2D eigenvalue weighted by Gasteiger charge is -2.19. The molecule has 0 fully saturated rings. The molecule has 0 radical (unpaired) electrons. The Morgan fingerprint density at radius 1 is 1.18 bits per heavy atom. The first-order valence-electron chi connectivity index (χ1n) is 6.59. The third-order valence-corrected chi connectivity index (χ3v) is 4.14. The standard InChI is InChI=1S/C14H24O2Si/c1-4-5-7-10-13(2)15-17(3)16-14-11-8-6-9-12-14/h6,8-9,11-13,17H,4-5,7,10H2,1-3H3. The maximum absolute atomic E-state index is 5.92. The highest BCUT2D eigenvalue weighted by molar-refractivity contribution is 6.43. The Morgan fingerprint density at radius 2 is 1.88 bits per heavy atom. The highest BCUT2D eigenvalue weighted by atomic mass is 28.3. The number of para-hydroxylation sites is 1. The molecule has 1 aromatic carbocycles. The minimum absolute atomic E-state index is 0.326. The minimum atomic E-state index is -1.54. The molecule has 0 aliphatic rings. The number of unbranched alkanes of at least 4 members (excludes halogenated alkanes) is 2. The van der Waals surface area contributed by atoms with Gasteiger partial charge in [-0.15, -0.1) is 0 Å². The van der Waals surface area contributed by atoms with Crippen molar-refractivity contribution in [2.24, 2.45) is 0 Å². The van der Waals surface area contributed by atoms with Gasteiger partial charge in [-0.2, -0.15) is 0 Å². The van der Waals surface area contributed by atoms with Crippen molar-refractivity contribution in [2.45, 2.75) is 52.2 Å². The topological polar surface area (TPSA) is 18.5 Å². The fourth-order valence-corrected chi connectivity index (χ4v) is 3.18. The molecule has 1 rings (SSSR count). The van der Waals surface area contributed by atoms with Crippen LogP contribution >= 0.6 is 0 Å². The SMILES string of the molecule is CCCCCC(C)O[SiH](C)Oc1ccccc1. The van der Waals surface area contributed by atoms with E-state index in [0.717, 1.165) is 12.2 Å². The van der Waals surface area contributed by atoms with Gasteiger partial charge in [-0.25, -0.2) is 0 Å². The lowest BCUT2D eigenvalue weighted by Crippen LogP contribution is -2.27. The second kappa shape index (κ2) is 8.31. The molecule has 0 bridgehead atoms. The highest BCUT2D eigenvalue weighted by Gasteiger charge is 2.12. The van der Waals surface area contributed by atoms with Crippen LogP contribution in [0, 0.1) is 0 Å². The van der Waals surface area contributed by atoms with E-state index in [1.165, 1.54) is 19.3 Å². The minimum Gasteiger partial charge on any atom is -0.522 e. The van der Waals surface area contributed by atoms with Gasteiger partial charge < -0.3 is 8.85 Å². The Labute approximate surface area is 107 Å². The van der Waals surface area contributed by atoms with Crippen LogP contribution in [0.15, 0.2) is 30.3 Å². The van der Waals surface area contributed by atoms with Gasteiger partial charge in [0.25, 0.3) is 0 Å². The summed E-state index contributed by atoms with van der Waals surface area (Å²) in [7, 11) is -1.54. The van der Waals surface area contributed by atoms with Crippen LogP contribution in [0.3, 0.4) is 0 Å². The number of rotatable bonds is 8. The Morgan fingerprint density at radius 3 is 2.53 bits per heavy atom. The van der Waals surface area contributed by atoms with Crippen LogP contribution in [0.5, 0.6) is 5.75 Å². The molecule has 0 amide bonds. The second-order valence-corrected chi connectivity index (χ2v) is 6.08. The van der Waals surface area contributed by atoms with Gasteiger partial charge >= 0.3 is 9.28 Å². The van der Waals surface area contributed by atoms with Crippen LogP contribution in [0.2, 0.25) is 6.55 Å². The van der Waals surface area contributed by atoms with Crippen molar-refractivity contribution < 1.29 is 8.85 Å². The Kier molecular flexibility index (Phi) is 6.97. The van der Waals surface area contributed by atoms with E-state index in [-0.39, 0.29) is 0 Å². The molecule has 0 saturated carbocycles. The van der Waals surface area contributed by atoms with Gasteiger partial charge in [0.05, 0.1) is 0 Å². The lowest BCUT2D eigenvalue weighted by molar-refractivity contribution is 0.177. The molecule has 2 nitrogen and oxygen atoms in total. The van der Waals surface area contributed by atoms with E-state index in [0.29, 0.717) is 6.10 Å². The van der Waals surface area contributed by atoms with Crippen LogP contribution < -0.4 is 4.43 Å². The molecule has 0 aromatic heterocycles. The van der Waals surface area contributed by atoms with Crippen molar-refractivity contribution in [3.05, 3.63) is 30.3 Å². The van der Waals surface area contributed by atoms with Crippen LogP contribution in [-0.4, -0.2) is 15.4 Å². The second-order valence-electron chi connectivity index (χ2n) is 4.44. The maximum Gasteiger partial charge on any atom is 0.379 e. The largest absolute Gasteiger partial charge is 0.522 e. The fourth-order valence-electron chi connectivity index (χ4n) is 1.80. The molecule has 0 spiro atoms. The molecular formula is C14H24O2Si. The van der Waals surface area contributed by atoms with Gasteiger partial charge in [-0.1, -0.05) is 44.4 Å². The van der Waals surface area contributed by atoms with Crippen molar-refractivity contribution in [3.8, 4) is 5.75 Å². The highest BCUT2D eigenvalue weighted by Crippen LogP contribution is 2.12. The van der Waals surface area contributed by atoms with Gasteiger partial charge in [0.1, 0.15) is 5.75 Å². The van der Waals surface area contributed by atoms with E-state index in [1.54, 1.807) is 0 Å². The molecule has 2 unspecified atom stereocenters. The molecular weight excluding hydrogens is 228 g/mol. The van der Waals surface area contributed by atoms with Crippen LogP contribution in [0.25, 0.3) is 0 Å². The third-order valence-electron chi connectivity index (χ3n) is 2.68. The third kappa shape index (κ3) is 6.49. The molecule has 2 atom stereocenters. The molecule has 1 aromatic rings. The summed E-state index contributed by atoms with van der Waals surface area (Å²) in [5, 5.41) is 0. The summed E-state index contributed by atoms with van der Waals surface area (Å²) >= 11 is 0. The molecule has 96 valence electrons. The molecule has 0 N–H and O–H groups in total. The van der Waals surface area contributed by atoms with Crippen LogP contribution in [0.4, 0.5) is 0 Å². The first-order valence-corrected chi connectivity index (χ1v) is 8.69. The van der Waals surface area contributed by atoms with E-state index in [9.17, 15) is 0 Å². The summed E-state index contributed by atoms with van der Waals surface area (Å²) in [6.45, 7) is 6.46. The Bertz CT molecular complexity index is 290. The number of hydrogen-bond acceptors (Lipinski definition) is 2. The van der Waals surface area contributed by atoms with Gasteiger partial charge in [-0.05, 0) is 32.0 Å².